The van der Waals surface area contributed by atoms with Gasteiger partial charge in [0.1, 0.15) is 22.3 Å². The van der Waals surface area contributed by atoms with E-state index >= 15 is 0 Å². The molecule has 0 aliphatic heterocycles. The molecule has 0 saturated heterocycles. The molecule has 4 heterocycles. The molecule has 0 N–H and O–H groups in total. The van der Waals surface area contributed by atoms with Crippen LogP contribution in [0.1, 0.15) is 25.0 Å². The van der Waals surface area contributed by atoms with E-state index in [2.05, 4.69) is 290 Å². The molecule has 4 nitrogen and oxygen atoms in total. The fourth-order valence-corrected chi connectivity index (χ4v) is 16.7. The van der Waals surface area contributed by atoms with Crippen LogP contribution in [0.4, 0.5) is 0 Å². The van der Waals surface area contributed by atoms with Crippen molar-refractivity contribution in [2.24, 2.45) is 0 Å². The first-order valence-corrected chi connectivity index (χ1v) is 31.6. The molecule has 0 fully saturated rings. The zero-order valence-electron chi connectivity index (χ0n) is 49.8. The lowest BCUT2D eigenvalue weighted by Gasteiger charge is -2.23. The highest BCUT2D eigenvalue weighted by atomic mass is 16.3. The second-order valence-electron chi connectivity index (χ2n) is 25.8. The number of hydrogen-bond acceptors (Lipinski definition) is 2. The summed E-state index contributed by atoms with van der Waals surface area (Å²) in [7, 11) is 0. The zero-order chi connectivity index (χ0) is 59.5. The molecular weight excluding hydrogens is 1100 g/mol. The van der Waals surface area contributed by atoms with Gasteiger partial charge in [-0.2, -0.15) is 0 Å². The van der Waals surface area contributed by atoms with Gasteiger partial charge in [-0.1, -0.05) is 196 Å². The van der Waals surface area contributed by atoms with Crippen LogP contribution in [0.3, 0.4) is 0 Å². The molecule has 0 atom stereocenters. The Hall–Kier alpha value is -11.7. The van der Waals surface area contributed by atoms with Gasteiger partial charge in [-0.3, -0.25) is 0 Å². The van der Waals surface area contributed by atoms with Gasteiger partial charge in [-0.15, -0.1) is 0 Å². The summed E-state index contributed by atoms with van der Waals surface area (Å²) in [5.41, 5.74) is 20.2. The van der Waals surface area contributed by atoms with Crippen LogP contribution in [-0.4, -0.2) is 9.13 Å². The minimum Gasteiger partial charge on any atom is -0.455 e. The third-order valence-electron chi connectivity index (χ3n) is 20.8. The van der Waals surface area contributed by atoms with Crippen LogP contribution >= 0.6 is 0 Å². The van der Waals surface area contributed by atoms with Crippen molar-refractivity contribution < 1.29 is 8.83 Å². The normalized spacial score (nSPS) is 13.3. The van der Waals surface area contributed by atoms with Gasteiger partial charge < -0.3 is 18.0 Å². The molecule has 21 rings (SSSR count). The maximum Gasteiger partial charge on any atom is 0.143 e. The smallest absolute Gasteiger partial charge is 0.143 e. The highest BCUT2D eigenvalue weighted by molar-refractivity contribution is 6.29. The number of benzene rings is 16. The Bertz CT molecular complexity index is 6280. The Morgan fingerprint density at radius 1 is 0.231 bits per heavy atom. The average Bonchev–Trinajstić information content (AvgIpc) is 1.64. The van der Waals surface area contributed by atoms with Crippen molar-refractivity contribution in [2.45, 2.75) is 19.3 Å². The molecule has 91 heavy (non-hydrogen) atoms. The first-order chi connectivity index (χ1) is 44.9. The summed E-state index contributed by atoms with van der Waals surface area (Å²) >= 11 is 0. The first-order valence-electron chi connectivity index (χ1n) is 31.6. The van der Waals surface area contributed by atoms with E-state index in [0.29, 0.717) is 0 Å². The fourth-order valence-electron chi connectivity index (χ4n) is 16.7. The maximum atomic E-state index is 6.56. The van der Waals surface area contributed by atoms with Gasteiger partial charge in [0.05, 0.1) is 22.1 Å². The number of rotatable bonds is 4. The molecule has 1 aliphatic rings. The molecule has 4 aromatic heterocycles. The van der Waals surface area contributed by atoms with Crippen LogP contribution in [-0.2, 0) is 5.41 Å². The molecule has 0 bridgehead atoms. The van der Waals surface area contributed by atoms with E-state index in [9.17, 15) is 0 Å². The number of para-hydroxylation sites is 6. The summed E-state index contributed by atoms with van der Waals surface area (Å²) in [5.74, 6) is 0. The van der Waals surface area contributed by atoms with Crippen molar-refractivity contribution in [1.29, 1.82) is 0 Å². The van der Waals surface area contributed by atoms with Crippen molar-refractivity contribution >= 4 is 152 Å². The average molecular weight is 1160 g/mol. The highest BCUT2D eigenvalue weighted by Crippen LogP contribution is 2.54. The molecule has 1 aliphatic carbocycles. The molecule has 0 unspecified atom stereocenters. The topological polar surface area (TPSA) is 36.1 Å². The minimum atomic E-state index is -0.279. The number of hydrogen-bond donors (Lipinski definition) is 0. The maximum absolute atomic E-state index is 6.56. The number of fused-ring (bicyclic) bond motifs is 27. The van der Waals surface area contributed by atoms with Crippen LogP contribution in [0.5, 0.6) is 0 Å². The molecule has 0 spiro atoms. The van der Waals surface area contributed by atoms with E-state index in [0.717, 1.165) is 77.5 Å². The zero-order valence-corrected chi connectivity index (χ0v) is 49.8. The van der Waals surface area contributed by atoms with E-state index in [1.165, 1.54) is 131 Å². The van der Waals surface area contributed by atoms with Crippen molar-refractivity contribution in [3.63, 3.8) is 0 Å². The molecular formula is C87H52N2O2. The Morgan fingerprint density at radius 2 is 0.571 bits per heavy atom. The summed E-state index contributed by atoms with van der Waals surface area (Å²) in [6, 6.07) is 104. The van der Waals surface area contributed by atoms with Crippen LogP contribution in [0.25, 0.3) is 197 Å². The van der Waals surface area contributed by atoms with Gasteiger partial charge in [-0.25, -0.2) is 0 Å². The van der Waals surface area contributed by atoms with Gasteiger partial charge in [0.2, 0.25) is 0 Å². The lowest BCUT2D eigenvalue weighted by molar-refractivity contribution is 0.662. The van der Waals surface area contributed by atoms with Gasteiger partial charge in [-0.05, 0) is 195 Å². The molecule has 0 amide bonds. The second kappa shape index (κ2) is 17.8. The van der Waals surface area contributed by atoms with E-state index in [4.69, 9.17) is 8.83 Å². The van der Waals surface area contributed by atoms with Crippen LogP contribution in [0.15, 0.2) is 288 Å². The van der Waals surface area contributed by atoms with E-state index < -0.39 is 0 Å². The minimum absolute atomic E-state index is 0.279. The summed E-state index contributed by atoms with van der Waals surface area (Å²) in [5, 5.41) is 24.6. The third kappa shape index (κ3) is 6.62. The summed E-state index contributed by atoms with van der Waals surface area (Å²) in [6.45, 7) is 4.88. The number of nitrogens with zero attached hydrogens (tertiary/aromatic N) is 2. The highest BCUT2D eigenvalue weighted by Gasteiger charge is 2.37. The van der Waals surface area contributed by atoms with E-state index in [-0.39, 0.29) is 5.41 Å². The standard InChI is InChI=1S/C87H52N2O2/c1-87(2)77-47-71-59-37-35-51(88-79-29-11-7-21-61(79)75-41-49(33-39-81(75)88)53-25-15-27-65-63-23-9-13-31-83(63)90-85(53)65)43-67(59)55-17-3-5-19-57(55)69(71)45-73(77)74-46-70-58-20-6-4-18-56(58)68-44-52(36-38-60(68)72(70)48-78(74)87)89-80-30-12-8-22-62(80)76-42-50(34-40-82(76)89)54-26-16-28-66-64-24-10-14-32-84(64)91-86(54)66/h3-48H,1-2H3. The van der Waals surface area contributed by atoms with E-state index in [1.54, 1.807) is 0 Å². The Morgan fingerprint density at radius 3 is 1.01 bits per heavy atom. The number of furan rings is 2. The molecule has 0 radical (unpaired) electrons. The number of aromatic nitrogens is 2. The van der Waals surface area contributed by atoms with Crippen molar-refractivity contribution in [3.8, 4) is 44.8 Å². The van der Waals surface area contributed by atoms with Gasteiger partial charge >= 0.3 is 0 Å². The second-order valence-corrected chi connectivity index (χ2v) is 25.8. The lowest BCUT2D eigenvalue weighted by atomic mass is 9.80. The van der Waals surface area contributed by atoms with E-state index in [1.807, 2.05) is 12.1 Å². The van der Waals surface area contributed by atoms with Gasteiger partial charge in [0.25, 0.3) is 0 Å². The van der Waals surface area contributed by atoms with Crippen molar-refractivity contribution in [1.82, 2.24) is 9.13 Å². The summed E-state index contributed by atoms with van der Waals surface area (Å²) in [4.78, 5) is 0. The van der Waals surface area contributed by atoms with Crippen molar-refractivity contribution in [2.75, 3.05) is 0 Å². The fraction of sp³-hybridized carbons (Fsp3) is 0.0345. The molecule has 4 heteroatoms. The van der Waals surface area contributed by atoms with Crippen LogP contribution in [0.2, 0.25) is 0 Å². The molecule has 0 saturated carbocycles. The lowest BCUT2D eigenvalue weighted by Crippen LogP contribution is -2.15. The third-order valence-corrected chi connectivity index (χ3v) is 20.8. The van der Waals surface area contributed by atoms with Gasteiger partial charge in [0, 0.05) is 71.0 Å². The predicted molar refractivity (Wildman–Crippen MR) is 383 cm³/mol. The van der Waals surface area contributed by atoms with Gasteiger partial charge in [0.15, 0.2) is 0 Å². The summed E-state index contributed by atoms with van der Waals surface area (Å²) < 4.78 is 18.0. The van der Waals surface area contributed by atoms with Crippen LogP contribution in [0, 0.1) is 0 Å². The largest absolute Gasteiger partial charge is 0.455 e. The molecule has 16 aromatic carbocycles. The Balaban J connectivity index is 0.707. The summed E-state index contributed by atoms with van der Waals surface area (Å²) in [6.07, 6.45) is 0. The monoisotopic (exact) mass is 1160 g/mol. The SMILES string of the molecule is CC1(C)c2cc3c4ccc(-n5c6ccccc6c6cc(-c7cccc8c7oc7ccccc78)ccc65)cc4c4ccccc4c3cc2-c2cc3c4ccccc4c4cc(-n5c6ccccc6c6cc(-c7cccc8c7oc7ccccc78)ccc65)ccc4c3cc21. The quantitative estimate of drug-likeness (QED) is 0.165. The van der Waals surface area contributed by atoms with Crippen molar-refractivity contribution in [3.05, 3.63) is 290 Å². The molecule has 422 valence electrons. The molecule has 20 aromatic rings. The first kappa shape index (κ1) is 49.3. The van der Waals surface area contributed by atoms with Crippen LogP contribution < -0.4 is 0 Å². The predicted octanol–water partition coefficient (Wildman–Crippen LogP) is 24.2. The Kier molecular flexibility index (Phi) is 9.62. The Labute approximate surface area is 521 Å².